The molecule has 2 atom stereocenters. The van der Waals surface area contributed by atoms with Crippen molar-refractivity contribution in [2.24, 2.45) is 11.8 Å². The lowest BCUT2D eigenvalue weighted by Crippen LogP contribution is -2.39. The van der Waals surface area contributed by atoms with Crippen LogP contribution in [-0.4, -0.2) is 19.1 Å². The van der Waals surface area contributed by atoms with E-state index in [1.54, 1.807) is 0 Å². The molecule has 104 valence electrons. The maximum Gasteiger partial charge on any atom is 0.0412 e. The molecule has 0 amide bonds. The number of piperidine rings is 1. The molecule has 0 aromatic heterocycles. The normalized spacial score (nSPS) is 27.6. The maximum atomic E-state index is 3.65. The third-order valence-electron chi connectivity index (χ3n) is 4.36. The summed E-state index contributed by atoms with van der Waals surface area (Å²) < 4.78 is 0. The average Bonchev–Trinajstić information content (AvgIpc) is 3.19. The lowest BCUT2D eigenvalue weighted by Gasteiger charge is -2.37. The second-order valence-electron chi connectivity index (χ2n) is 6.63. The molecule has 2 aliphatic rings. The van der Waals surface area contributed by atoms with Crippen molar-refractivity contribution in [2.45, 2.75) is 45.7 Å². The van der Waals surface area contributed by atoms with Crippen LogP contribution in [0, 0.1) is 11.8 Å². The molecular formula is C17H26N2. The monoisotopic (exact) mass is 258 g/mol. The van der Waals surface area contributed by atoms with E-state index in [0.717, 1.165) is 24.4 Å². The number of hydrogen-bond donors (Lipinski definition) is 1. The zero-order valence-corrected chi connectivity index (χ0v) is 12.2. The van der Waals surface area contributed by atoms with Crippen LogP contribution in [0.3, 0.4) is 0 Å². The lowest BCUT2D eigenvalue weighted by molar-refractivity contribution is 0.356. The fourth-order valence-corrected chi connectivity index (χ4v) is 3.37. The predicted octanol–water partition coefficient (Wildman–Crippen LogP) is 3.42. The first kappa shape index (κ1) is 13.0. The lowest BCUT2D eigenvalue weighted by atomic mass is 9.91. The summed E-state index contributed by atoms with van der Waals surface area (Å²) in [6, 6.07) is 9.72. The molecule has 2 unspecified atom stereocenters. The first-order chi connectivity index (χ1) is 9.22. The van der Waals surface area contributed by atoms with E-state index in [4.69, 9.17) is 0 Å². The molecule has 1 aromatic rings. The van der Waals surface area contributed by atoms with Gasteiger partial charge in [-0.3, -0.25) is 0 Å². The van der Waals surface area contributed by atoms with Gasteiger partial charge in [-0.05, 0) is 42.7 Å². The SMILES string of the molecule is CC1CC(C)CN(c2ccccc2CNC2CC2)C1. The molecule has 0 bridgehead atoms. The number of nitrogens with zero attached hydrogens (tertiary/aromatic N) is 1. The van der Waals surface area contributed by atoms with E-state index in [0.29, 0.717) is 0 Å². The number of rotatable bonds is 4. The van der Waals surface area contributed by atoms with E-state index in [9.17, 15) is 0 Å². The molecule has 19 heavy (non-hydrogen) atoms. The zero-order chi connectivity index (χ0) is 13.2. The van der Waals surface area contributed by atoms with Gasteiger partial charge in [0.1, 0.15) is 0 Å². The third-order valence-corrected chi connectivity index (χ3v) is 4.36. The van der Waals surface area contributed by atoms with Gasteiger partial charge in [-0.15, -0.1) is 0 Å². The molecule has 3 rings (SSSR count). The Morgan fingerprint density at radius 3 is 2.47 bits per heavy atom. The molecule has 1 aromatic carbocycles. The van der Waals surface area contributed by atoms with Gasteiger partial charge in [-0.25, -0.2) is 0 Å². The van der Waals surface area contributed by atoms with Crippen molar-refractivity contribution in [3.8, 4) is 0 Å². The van der Waals surface area contributed by atoms with Crippen LogP contribution < -0.4 is 10.2 Å². The van der Waals surface area contributed by atoms with Crippen LogP contribution in [0.2, 0.25) is 0 Å². The van der Waals surface area contributed by atoms with Gasteiger partial charge < -0.3 is 10.2 Å². The quantitative estimate of drug-likeness (QED) is 0.890. The van der Waals surface area contributed by atoms with Crippen LogP contribution in [0.4, 0.5) is 5.69 Å². The van der Waals surface area contributed by atoms with Crippen molar-refractivity contribution in [3.63, 3.8) is 0 Å². The van der Waals surface area contributed by atoms with Crippen LogP contribution in [0.5, 0.6) is 0 Å². The summed E-state index contributed by atoms with van der Waals surface area (Å²) in [4.78, 5) is 2.60. The molecule has 1 saturated carbocycles. The molecule has 1 N–H and O–H groups in total. The highest BCUT2D eigenvalue weighted by atomic mass is 15.1. The van der Waals surface area contributed by atoms with E-state index in [2.05, 4.69) is 48.3 Å². The Balaban J connectivity index is 1.74. The average molecular weight is 258 g/mol. The Labute approximate surface area is 117 Å². The highest BCUT2D eigenvalue weighted by Crippen LogP contribution is 2.29. The van der Waals surface area contributed by atoms with Gasteiger partial charge in [0.2, 0.25) is 0 Å². The second kappa shape index (κ2) is 5.54. The van der Waals surface area contributed by atoms with Crippen LogP contribution in [-0.2, 0) is 6.54 Å². The standard InChI is InChI=1S/C17H26N2/c1-13-9-14(2)12-19(11-13)17-6-4-3-5-15(17)10-18-16-7-8-16/h3-6,13-14,16,18H,7-12H2,1-2H3. The van der Waals surface area contributed by atoms with E-state index in [1.807, 2.05) is 0 Å². The highest BCUT2D eigenvalue weighted by Gasteiger charge is 2.24. The van der Waals surface area contributed by atoms with Crippen LogP contribution in [0.15, 0.2) is 24.3 Å². The van der Waals surface area contributed by atoms with Crippen molar-refractivity contribution in [1.29, 1.82) is 0 Å². The highest BCUT2D eigenvalue weighted by molar-refractivity contribution is 5.54. The molecule has 1 heterocycles. The number of anilines is 1. The second-order valence-corrected chi connectivity index (χ2v) is 6.63. The van der Waals surface area contributed by atoms with E-state index >= 15 is 0 Å². The molecule has 0 spiro atoms. The van der Waals surface area contributed by atoms with Gasteiger partial charge in [0, 0.05) is 31.4 Å². The minimum absolute atomic E-state index is 0.784. The molecule has 0 radical (unpaired) electrons. The summed E-state index contributed by atoms with van der Waals surface area (Å²) in [5.41, 5.74) is 2.92. The van der Waals surface area contributed by atoms with E-state index < -0.39 is 0 Å². The number of para-hydroxylation sites is 1. The fraction of sp³-hybridized carbons (Fsp3) is 0.647. The van der Waals surface area contributed by atoms with Crippen molar-refractivity contribution < 1.29 is 0 Å². The zero-order valence-electron chi connectivity index (χ0n) is 12.2. The van der Waals surface area contributed by atoms with Crippen molar-refractivity contribution >= 4 is 5.69 Å². The molecule has 2 fully saturated rings. The maximum absolute atomic E-state index is 3.65. The summed E-state index contributed by atoms with van der Waals surface area (Å²) in [6.45, 7) is 8.22. The summed E-state index contributed by atoms with van der Waals surface area (Å²) >= 11 is 0. The Bertz CT molecular complexity index is 415. The third kappa shape index (κ3) is 3.30. The van der Waals surface area contributed by atoms with Crippen LogP contribution in [0.1, 0.15) is 38.7 Å². The molecule has 1 aliphatic heterocycles. The van der Waals surface area contributed by atoms with Crippen molar-refractivity contribution in [2.75, 3.05) is 18.0 Å². The minimum Gasteiger partial charge on any atom is -0.371 e. The Hall–Kier alpha value is -1.02. The van der Waals surface area contributed by atoms with Gasteiger partial charge >= 0.3 is 0 Å². The number of nitrogens with one attached hydrogen (secondary N) is 1. The summed E-state index contributed by atoms with van der Waals surface area (Å²) in [5, 5.41) is 3.65. The fourth-order valence-electron chi connectivity index (χ4n) is 3.37. The van der Waals surface area contributed by atoms with Gasteiger partial charge in [-0.1, -0.05) is 32.0 Å². The summed E-state index contributed by atoms with van der Waals surface area (Å²) in [5.74, 6) is 1.63. The summed E-state index contributed by atoms with van der Waals surface area (Å²) in [6.07, 6.45) is 4.10. The number of benzene rings is 1. The largest absolute Gasteiger partial charge is 0.371 e. The first-order valence-electron chi connectivity index (χ1n) is 7.78. The van der Waals surface area contributed by atoms with Gasteiger partial charge in [0.05, 0.1) is 0 Å². The first-order valence-corrected chi connectivity index (χ1v) is 7.78. The van der Waals surface area contributed by atoms with Gasteiger partial charge in [-0.2, -0.15) is 0 Å². The molecule has 1 saturated heterocycles. The molecule has 2 heteroatoms. The molecule has 1 aliphatic carbocycles. The summed E-state index contributed by atoms with van der Waals surface area (Å²) in [7, 11) is 0. The minimum atomic E-state index is 0.784. The molecular weight excluding hydrogens is 232 g/mol. The van der Waals surface area contributed by atoms with E-state index in [1.165, 1.54) is 43.6 Å². The van der Waals surface area contributed by atoms with Gasteiger partial charge in [0.25, 0.3) is 0 Å². The van der Waals surface area contributed by atoms with Crippen LogP contribution in [0.25, 0.3) is 0 Å². The van der Waals surface area contributed by atoms with Gasteiger partial charge in [0.15, 0.2) is 0 Å². The topological polar surface area (TPSA) is 15.3 Å². The smallest absolute Gasteiger partial charge is 0.0412 e. The van der Waals surface area contributed by atoms with Crippen LogP contribution >= 0.6 is 0 Å². The number of hydrogen-bond acceptors (Lipinski definition) is 2. The van der Waals surface area contributed by atoms with Crippen molar-refractivity contribution in [1.82, 2.24) is 5.32 Å². The Morgan fingerprint density at radius 2 is 1.79 bits per heavy atom. The predicted molar refractivity (Wildman–Crippen MR) is 81.5 cm³/mol. The Kier molecular flexibility index (Phi) is 3.79. The molecule has 2 nitrogen and oxygen atoms in total. The van der Waals surface area contributed by atoms with Crippen molar-refractivity contribution in [3.05, 3.63) is 29.8 Å². The van der Waals surface area contributed by atoms with E-state index in [-0.39, 0.29) is 0 Å². The Morgan fingerprint density at radius 1 is 1.11 bits per heavy atom.